The van der Waals surface area contributed by atoms with Gasteiger partial charge in [-0.2, -0.15) is 0 Å². The van der Waals surface area contributed by atoms with Crippen LogP contribution in [0.3, 0.4) is 0 Å². The minimum Gasteiger partial charge on any atom is -0.473 e. The van der Waals surface area contributed by atoms with E-state index in [4.69, 9.17) is 9.47 Å². The largest absolute Gasteiger partial charge is 0.473 e. The molecule has 0 unspecified atom stereocenters. The van der Waals surface area contributed by atoms with Crippen molar-refractivity contribution >= 4 is 11.3 Å². The Morgan fingerprint density at radius 3 is 3.00 bits per heavy atom. The highest BCUT2D eigenvalue weighted by molar-refractivity contribution is 7.13. The number of nitrogens with one attached hydrogen (secondary N) is 1. The van der Waals surface area contributed by atoms with Gasteiger partial charge >= 0.3 is 0 Å². The molecule has 0 aromatic carbocycles. The molecule has 1 aromatic rings. The average Bonchev–Trinajstić information content (AvgIpc) is 2.60. The van der Waals surface area contributed by atoms with Gasteiger partial charge in [-0.25, -0.2) is 4.98 Å². The molecule has 13 heavy (non-hydrogen) atoms. The molecule has 0 saturated heterocycles. The van der Waals surface area contributed by atoms with Gasteiger partial charge in [-0.3, -0.25) is 0 Å². The first-order chi connectivity index (χ1) is 6.36. The second kappa shape index (κ2) is 5.90. The van der Waals surface area contributed by atoms with Crippen LogP contribution in [0.15, 0.2) is 6.20 Å². The molecule has 4 nitrogen and oxygen atoms in total. The topological polar surface area (TPSA) is 43.4 Å². The lowest BCUT2D eigenvalue weighted by molar-refractivity contribution is 0.199. The minimum absolute atomic E-state index is 0.712. The molecule has 1 aromatic heterocycles. The van der Waals surface area contributed by atoms with Crippen LogP contribution in [-0.4, -0.2) is 32.4 Å². The van der Waals surface area contributed by atoms with Crippen molar-refractivity contribution in [2.75, 3.05) is 27.4 Å². The molecule has 0 spiro atoms. The molecule has 5 heteroatoms. The first kappa shape index (κ1) is 10.4. The van der Waals surface area contributed by atoms with Gasteiger partial charge in [0.05, 0.1) is 13.7 Å². The Kier molecular flexibility index (Phi) is 4.74. The molecule has 0 atom stereocenters. The highest BCUT2D eigenvalue weighted by Gasteiger charge is 1.99. The van der Waals surface area contributed by atoms with Gasteiger partial charge in [0.25, 0.3) is 5.19 Å². The molecule has 0 bridgehead atoms. The quantitative estimate of drug-likeness (QED) is 0.696. The fourth-order valence-electron chi connectivity index (χ4n) is 0.851. The van der Waals surface area contributed by atoms with Crippen LogP contribution in [-0.2, 0) is 11.3 Å². The normalized spacial score (nSPS) is 10.3. The number of methoxy groups -OCH3 is 2. The Morgan fingerprint density at radius 2 is 2.38 bits per heavy atom. The van der Waals surface area contributed by atoms with Crippen molar-refractivity contribution in [3.63, 3.8) is 0 Å². The Morgan fingerprint density at radius 1 is 1.54 bits per heavy atom. The molecule has 1 rings (SSSR count). The lowest BCUT2D eigenvalue weighted by Gasteiger charge is -2.00. The zero-order valence-electron chi connectivity index (χ0n) is 7.87. The van der Waals surface area contributed by atoms with E-state index in [2.05, 4.69) is 10.3 Å². The number of thiazole rings is 1. The molecule has 0 aliphatic heterocycles. The maximum atomic E-state index is 4.98. The van der Waals surface area contributed by atoms with Gasteiger partial charge in [0, 0.05) is 31.3 Å². The van der Waals surface area contributed by atoms with E-state index in [0.29, 0.717) is 5.19 Å². The van der Waals surface area contributed by atoms with Crippen LogP contribution in [0.5, 0.6) is 5.19 Å². The molecular weight excluding hydrogens is 188 g/mol. The van der Waals surface area contributed by atoms with Crippen LogP contribution in [0, 0.1) is 0 Å². The van der Waals surface area contributed by atoms with E-state index in [1.54, 1.807) is 25.6 Å². The Labute approximate surface area is 81.9 Å². The van der Waals surface area contributed by atoms with Crippen molar-refractivity contribution in [1.29, 1.82) is 0 Å². The minimum atomic E-state index is 0.712. The van der Waals surface area contributed by atoms with E-state index in [0.717, 1.165) is 19.7 Å². The van der Waals surface area contributed by atoms with Gasteiger partial charge in [-0.15, -0.1) is 0 Å². The third-order valence-electron chi connectivity index (χ3n) is 1.49. The van der Waals surface area contributed by atoms with E-state index in [1.807, 2.05) is 6.20 Å². The number of ether oxygens (including phenoxy) is 2. The van der Waals surface area contributed by atoms with Crippen molar-refractivity contribution in [1.82, 2.24) is 10.3 Å². The highest BCUT2D eigenvalue weighted by Crippen LogP contribution is 2.19. The van der Waals surface area contributed by atoms with Crippen molar-refractivity contribution in [3.05, 3.63) is 11.1 Å². The Hall–Kier alpha value is -0.650. The fraction of sp³-hybridized carbons (Fsp3) is 0.625. The SMILES string of the molecule is COCCNCc1cnc(OC)s1. The summed E-state index contributed by atoms with van der Waals surface area (Å²) in [7, 11) is 3.32. The van der Waals surface area contributed by atoms with Gasteiger partial charge in [0.15, 0.2) is 0 Å². The smallest absolute Gasteiger partial charge is 0.273 e. The van der Waals surface area contributed by atoms with Crippen molar-refractivity contribution in [2.45, 2.75) is 6.54 Å². The standard InChI is InChI=1S/C8H14N2O2S/c1-11-4-3-9-5-7-6-10-8(12-2)13-7/h6,9H,3-5H2,1-2H3. The van der Waals surface area contributed by atoms with Crippen LogP contribution in [0.4, 0.5) is 0 Å². The summed E-state index contributed by atoms with van der Waals surface area (Å²) in [5, 5.41) is 3.94. The molecule has 0 aliphatic carbocycles. The molecule has 0 amide bonds. The number of rotatable bonds is 6. The van der Waals surface area contributed by atoms with Crippen LogP contribution in [0.25, 0.3) is 0 Å². The van der Waals surface area contributed by atoms with Gasteiger partial charge in [-0.05, 0) is 0 Å². The number of nitrogens with zero attached hydrogens (tertiary/aromatic N) is 1. The second-order valence-electron chi connectivity index (χ2n) is 2.47. The summed E-state index contributed by atoms with van der Waals surface area (Å²) in [5.41, 5.74) is 0. The first-order valence-corrected chi connectivity index (χ1v) is 4.87. The molecule has 0 fully saturated rings. The second-order valence-corrected chi connectivity index (χ2v) is 3.54. The summed E-state index contributed by atoms with van der Waals surface area (Å²) in [6, 6.07) is 0. The van der Waals surface area contributed by atoms with Crippen LogP contribution in [0.1, 0.15) is 4.88 Å². The Balaban J connectivity index is 2.20. The molecule has 1 N–H and O–H groups in total. The predicted octanol–water partition coefficient (Wildman–Crippen LogP) is 0.888. The van der Waals surface area contributed by atoms with Crippen molar-refractivity contribution < 1.29 is 9.47 Å². The summed E-state index contributed by atoms with van der Waals surface area (Å²) < 4.78 is 9.88. The molecule has 1 heterocycles. The zero-order valence-corrected chi connectivity index (χ0v) is 8.69. The van der Waals surface area contributed by atoms with Gasteiger partial charge < -0.3 is 14.8 Å². The zero-order chi connectivity index (χ0) is 9.52. The van der Waals surface area contributed by atoms with E-state index in [1.165, 1.54) is 4.88 Å². The van der Waals surface area contributed by atoms with E-state index in [-0.39, 0.29) is 0 Å². The van der Waals surface area contributed by atoms with E-state index in [9.17, 15) is 0 Å². The van der Waals surface area contributed by atoms with Crippen molar-refractivity contribution in [3.8, 4) is 5.19 Å². The number of hydrogen-bond acceptors (Lipinski definition) is 5. The highest BCUT2D eigenvalue weighted by atomic mass is 32.1. The summed E-state index contributed by atoms with van der Waals surface area (Å²) in [6.45, 7) is 2.41. The monoisotopic (exact) mass is 202 g/mol. The van der Waals surface area contributed by atoms with E-state index < -0.39 is 0 Å². The van der Waals surface area contributed by atoms with Gasteiger partial charge in [0.2, 0.25) is 0 Å². The molecule has 0 saturated carbocycles. The molecule has 0 aliphatic rings. The van der Waals surface area contributed by atoms with E-state index >= 15 is 0 Å². The van der Waals surface area contributed by atoms with Crippen LogP contribution in [0.2, 0.25) is 0 Å². The fourth-order valence-corrected chi connectivity index (χ4v) is 1.54. The lowest BCUT2D eigenvalue weighted by atomic mass is 10.5. The van der Waals surface area contributed by atoms with Crippen LogP contribution >= 0.6 is 11.3 Å². The summed E-state index contributed by atoms with van der Waals surface area (Å²) in [4.78, 5) is 5.23. The predicted molar refractivity (Wildman–Crippen MR) is 52.2 cm³/mol. The average molecular weight is 202 g/mol. The summed E-state index contributed by atoms with van der Waals surface area (Å²) in [6.07, 6.45) is 1.82. The molecule has 0 radical (unpaired) electrons. The maximum absolute atomic E-state index is 4.98. The molecular formula is C8H14N2O2S. The number of hydrogen-bond donors (Lipinski definition) is 1. The lowest BCUT2D eigenvalue weighted by Crippen LogP contribution is -2.17. The number of aromatic nitrogens is 1. The summed E-state index contributed by atoms with van der Waals surface area (Å²) >= 11 is 1.55. The maximum Gasteiger partial charge on any atom is 0.273 e. The summed E-state index contributed by atoms with van der Waals surface area (Å²) in [5.74, 6) is 0. The van der Waals surface area contributed by atoms with Gasteiger partial charge in [-0.1, -0.05) is 11.3 Å². The van der Waals surface area contributed by atoms with Crippen LogP contribution < -0.4 is 10.1 Å². The first-order valence-electron chi connectivity index (χ1n) is 4.05. The van der Waals surface area contributed by atoms with Crippen molar-refractivity contribution in [2.24, 2.45) is 0 Å². The molecule has 74 valence electrons. The third-order valence-corrected chi connectivity index (χ3v) is 2.45. The Bertz CT molecular complexity index is 240. The third kappa shape index (κ3) is 3.71. The van der Waals surface area contributed by atoms with Gasteiger partial charge in [0.1, 0.15) is 0 Å².